The summed E-state index contributed by atoms with van der Waals surface area (Å²) in [5, 5.41) is 19.7. The van der Waals surface area contributed by atoms with Gasteiger partial charge in [-0.1, -0.05) is 30.5 Å². The molecular formula is C26H33ClN2O5S. The van der Waals surface area contributed by atoms with Gasteiger partial charge in [0.2, 0.25) is 5.91 Å². The molecule has 1 aromatic rings. The van der Waals surface area contributed by atoms with Crippen molar-refractivity contribution in [1.29, 1.82) is 0 Å². The molecule has 2 unspecified atom stereocenters. The van der Waals surface area contributed by atoms with Crippen molar-refractivity contribution in [1.82, 2.24) is 4.90 Å². The largest absolute Gasteiger partial charge is 0.481 e. The molecule has 5 atom stereocenters. The highest BCUT2D eigenvalue weighted by molar-refractivity contribution is 8.02. The van der Waals surface area contributed by atoms with Crippen LogP contribution in [-0.2, 0) is 14.4 Å². The minimum absolute atomic E-state index is 0.127. The van der Waals surface area contributed by atoms with Gasteiger partial charge >= 0.3 is 5.97 Å². The molecule has 2 N–H and O–H groups in total. The second-order valence-corrected chi connectivity index (χ2v) is 12.3. The number of nitrogens with zero attached hydrogens (tertiary/aromatic N) is 2. The van der Waals surface area contributed by atoms with E-state index < -0.39 is 33.3 Å². The van der Waals surface area contributed by atoms with Crippen LogP contribution in [0.4, 0.5) is 5.69 Å². The first-order valence-corrected chi connectivity index (χ1v) is 13.4. The Bertz CT molecular complexity index is 1000. The van der Waals surface area contributed by atoms with E-state index in [0.717, 1.165) is 12.8 Å². The van der Waals surface area contributed by atoms with E-state index in [9.17, 15) is 19.5 Å². The molecule has 35 heavy (non-hydrogen) atoms. The van der Waals surface area contributed by atoms with Gasteiger partial charge in [0, 0.05) is 35.2 Å². The molecule has 0 radical (unpaired) electrons. The number of anilines is 1. The van der Waals surface area contributed by atoms with Crippen molar-refractivity contribution >= 4 is 46.8 Å². The monoisotopic (exact) mass is 520 g/mol. The highest BCUT2D eigenvalue weighted by Crippen LogP contribution is 2.71. The van der Waals surface area contributed by atoms with Crippen LogP contribution in [0.1, 0.15) is 45.4 Å². The van der Waals surface area contributed by atoms with Gasteiger partial charge in [0.05, 0.1) is 16.6 Å². The van der Waals surface area contributed by atoms with Crippen molar-refractivity contribution in [2.75, 3.05) is 24.6 Å². The number of carbonyl (C=O) groups is 3. The lowest BCUT2D eigenvalue weighted by atomic mass is 9.66. The summed E-state index contributed by atoms with van der Waals surface area (Å²) < 4.78 is -1.33. The fraction of sp³-hybridized carbons (Fsp3) is 0.577. The lowest BCUT2D eigenvalue weighted by Gasteiger charge is -2.37. The van der Waals surface area contributed by atoms with E-state index in [1.165, 1.54) is 0 Å². The average molecular weight is 521 g/mol. The standard InChI is InChI=1S/C26H33ClN2O5S/c1-3-14-28(18-10-8-17(27)9-11-18)23(32)21-26-13-12-25(2,35-26)20(24(33)34)19(26)22(31)29(21)15-6-4-5-7-16-30/h3,8-11,19-21,30H,1,4-7,12-16H2,2H3,(H,33,34)/t19-,20-,21?,25+,26?/m0/s1. The van der Waals surface area contributed by atoms with Crippen LogP contribution in [0.3, 0.4) is 0 Å². The second-order valence-electron chi connectivity index (χ2n) is 9.95. The highest BCUT2D eigenvalue weighted by Gasteiger charge is 2.77. The van der Waals surface area contributed by atoms with Crippen LogP contribution in [0.15, 0.2) is 36.9 Å². The number of benzene rings is 1. The van der Waals surface area contributed by atoms with Gasteiger partial charge in [-0.25, -0.2) is 0 Å². The average Bonchev–Trinajstić information content (AvgIpc) is 3.38. The third-order valence-corrected chi connectivity index (χ3v) is 10.0. The maximum absolute atomic E-state index is 14.3. The molecule has 3 aliphatic rings. The summed E-state index contributed by atoms with van der Waals surface area (Å²) in [4.78, 5) is 43.7. The van der Waals surface area contributed by atoms with Crippen molar-refractivity contribution in [3.8, 4) is 0 Å². The van der Waals surface area contributed by atoms with Crippen LogP contribution in [0, 0.1) is 11.8 Å². The number of hydrogen-bond donors (Lipinski definition) is 2. The topological polar surface area (TPSA) is 98.2 Å². The Hall–Kier alpha value is -2.03. The molecule has 0 aromatic heterocycles. The minimum atomic E-state index is -0.962. The normalized spacial score (nSPS) is 31.0. The van der Waals surface area contributed by atoms with Crippen LogP contribution in [0.5, 0.6) is 0 Å². The van der Waals surface area contributed by atoms with E-state index in [0.29, 0.717) is 42.9 Å². The molecular weight excluding hydrogens is 488 g/mol. The number of aliphatic carboxylic acids is 1. The number of thioether (sulfide) groups is 1. The summed E-state index contributed by atoms with van der Waals surface area (Å²) >= 11 is 7.61. The molecule has 3 fully saturated rings. The lowest BCUT2D eigenvalue weighted by Crippen LogP contribution is -2.55. The van der Waals surface area contributed by atoms with E-state index in [4.69, 9.17) is 16.7 Å². The Kier molecular flexibility index (Phi) is 7.55. The number of rotatable bonds is 11. The summed E-state index contributed by atoms with van der Waals surface area (Å²) in [6.07, 6.45) is 6.00. The van der Waals surface area contributed by atoms with E-state index in [-0.39, 0.29) is 25.0 Å². The molecule has 1 spiro atoms. The zero-order valence-corrected chi connectivity index (χ0v) is 21.6. The van der Waals surface area contributed by atoms with Crippen LogP contribution < -0.4 is 4.90 Å². The fourth-order valence-corrected chi connectivity index (χ4v) is 8.76. The van der Waals surface area contributed by atoms with E-state index in [1.54, 1.807) is 51.9 Å². The van der Waals surface area contributed by atoms with E-state index >= 15 is 0 Å². The molecule has 1 aromatic carbocycles. The van der Waals surface area contributed by atoms with Crippen LogP contribution in [-0.4, -0.2) is 68.1 Å². The number of carbonyl (C=O) groups excluding carboxylic acids is 2. The second kappa shape index (κ2) is 10.1. The molecule has 3 heterocycles. The summed E-state index contributed by atoms with van der Waals surface area (Å²) in [7, 11) is 0. The van der Waals surface area contributed by atoms with E-state index in [1.807, 2.05) is 6.92 Å². The molecule has 2 bridgehead atoms. The molecule has 0 saturated carbocycles. The summed E-state index contributed by atoms with van der Waals surface area (Å²) in [5.41, 5.74) is 0.660. The molecule has 4 rings (SSSR count). The number of carboxylic acid groups (broad SMARTS) is 1. The third-order valence-electron chi connectivity index (χ3n) is 7.80. The van der Waals surface area contributed by atoms with Crippen molar-refractivity contribution < 1.29 is 24.6 Å². The first-order valence-electron chi connectivity index (χ1n) is 12.2. The summed E-state index contributed by atoms with van der Waals surface area (Å²) in [6.45, 7) is 6.53. The minimum Gasteiger partial charge on any atom is -0.481 e. The number of amides is 2. The zero-order chi connectivity index (χ0) is 25.4. The Morgan fingerprint density at radius 3 is 2.54 bits per heavy atom. The Labute approximate surface area is 215 Å². The molecule has 0 aliphatic carbocycles. The fourth-order valence-electron chi connectivity index (χ4n) is 6.29. The number of aliphatic hydroxyl groups excluding tert-OH is 1. The number of likely N-dealkylation sites (tertiary alicyclic amines) is 1. The van der Waals surface area contributed by atoms with Gasteiger partial charge in [0.15, 0.2) is 0 Å². The van der Waals surface area contributed by atoms with Crippen LogP contribution in [0.25, 0.3) is 0 Å². The van der Waals surface area contributed by atoms with Crippen LogP contribution >= 0.6 is 23.4 Å². The number of hydrogen-bond acceptors (Lipinski definition) is 5. The highest BCUT2D eigenvalue weighted by atomic mass is 35.5. The Morgan fingerprint density at radius 2 is 1.91 bits per heavy atom. The number of carboxylic acids is 1. The van der Waals surface area contributed by atoms with Crippen molar-refractivity contribution in [2.24, 2.45) is 11.8 Å². The SMILES string of the molecule is C=CCN(C(=O)C1N(CCCCCCO)C(=O)[C@@H]2[C@@H](C(=O)O)[C@@]3(C)CCC12S3)c1ccc(Cl)cc1. The van der Waals surface area contributed by atoms with Gasteiger partial charge in [0.1, 0.15) is 6.04 Å². The maximum Gasteiger partial charge on any atom is 0.308 e. The number of halogens is 1. The number of unbranched alkanes of at least 4 members (excludes halogenated alkanes) is 3. The van der Waals surface area contributed by atoms with Crippen molar-refractivity contribution in [3.05, 3.63) is 41.9 Å². The molecule has 7 nitrogen and oxygen atoms in total. The van der Waals surface area contributed by atoms with Gasteiger partial charge in [-0.3, -0.25) is 14.4 Å². The Balaban J connectivity index is 1.72. The van der Waals surface area contributed by atoms with Gasteiger partial charge in [-0.05, 0) is 56.9 Å². The lowest BCUT2D eigenvalue weighted by molar-refractivity contribution is -0.150. The predicted molar refractivity (Wildman–Crippen MR) is 138 cm³/mol. The van der Waals surface area contributed by atoms with Gasteiger partial charge in [0.25, 0.3) is 5.91 Å². The van der Waals surface area contributed by atoms with Crippen LogP contribution in [0.2, 0.25) is 5.02 Å². The quantitative estimate of drug-likeness (QED) is 0.338. The predicted octanol–water partition coefficient (Wildman–Crippen LogP) is 3.98. The van der Waals surface area contributed by atoms with Gasteiger partial charge < -0.3 is 20.0 Å². The maximum atomic E-state index is 14.3. The molecule has 3 saturated heterocycles. The molecule has 2 amide bonds. The van der Waals surface area contributed by atoms with E-state index in [2.05, 4.69) is 6.58 Å². The smallest absolute Gasteiger partial charge is 0.308 e. The summed E-state index contributed by atoms with van der Waals surface area (Å²) in [5.74, 6) is -2.92. The zero-order valence-electron chi connectivity index (χ0n) is 20.0. The van der Waals surface area contributed by atoms with Gasteiger partial charge in [-0.15, -0.1) is 18.3 Å². The molecule has 190 valence electrons. The number of fused-ring (bicyclic) bond motifs is 1. The van der Waals surface area contributed by atoms with Crippen molar-refractivity contribution in [2.45, 2.75) is 61.0 Å². The number of aliphatic hydroxyl groups is 1. The van der Waals surface area contributed by atoms with Gasteiger partial charge in [-0.2, -0.15) is 0 Å². The molecule has 9 heteroatoms. The first-order chi connectivity index (χ1) is 16.7. The molecule has 3 aliphatic heterocycles. The summed E-state index contributed by atoms with van der Waals surface area (Å²) in [6, 6.07) is 6.24. The first kappa shape index (κ1) is 26.0. The Morgan fingerprint density at radius 1 is 1.23 bits per heavy atom. The third kappa shape index (κ3) is 4.38. The van der Waals surface area contributed by atoms with Crippen molar-refractivity contribution in [3.63, 3.8) is 0 Å².